The van der Waals surface area contributed by atoms with Gasteiger partial charge < -0.3 is 14.0 Å². The first kappa shape index (κ1) is 12.8. The first-order valence-electron chi connectivity index (χ1n) is 6.07. The molecule has 1 aromatic carbocycles. The van der Waals surface area contributed by atoms with Gasteiger partial charge in [0.1, 0.15) is 6.61 Å². The summed E-state index contributed by atoms with van der Waals surface area (Å²) in [5.41, 5.74) is 0. The number of rotatable bonds is 3. The van der Waals surface area contributed by atoms with Crippen LogP contribution in [0.25, 0.3) is 0 Å². The molecule has 0 spiro atoms. The van der Waals surface area contributed by atoms with Gasteiger partial charge in [0.2, 0.25) is 0 Å². The van der Waals surface area contributed by atoms with E-state index in [1.165, 1.54) is 11.8 Å². The van der Waals surface area contributed by atoms with E-state index < -0.39 is 0 Å². The number of thioether (sulfide) groups is 1. The predicted molar refractivity (Wildman–Crippen MR) is 72.6 cm³/mol. The lowest BCUT2D eigenvalue weighted by Crippen LogP contribution is -2.24. The average Bonchev–Trinajstić information content (AvgIpc) is 2.85. The van der Waals surface area contributed by atoms with E-state index in [2.05, 4.69) is 16.3 Å². The van der Waals surface area contributed by atoms with Gasteiger partial charge in [-0.25, -0.2) is 0 Å². The van der Waals surface area contributed by atoms with E-state index in [1.807, 2.05) is 35.9 Å². The third kappa shape index (κ3) is 2.30. The Hall–Kier alpha value is -2.20. The van der Waals surface area contributed by atoms with Crippen molar-refractivity contribution in [3.63, 3.8) is 0 Å². The van der Waals surface area contributed by atoms with E-state index in [4.69, 9.17) is 14.7 Å². The molecule has 1 aliphatic rings. The average molecular weight is 288 g/mol. The maximum absolute atomic E-state index is 8.61. The highest BCUT2D eigenvalue weighted by molar-refractivity contribution is 7.99. The Morgan fingerprint density at radius 1 is 1.40 bits per heavy atom. The highest BCUT2D eigenvalue weighted by Gasteiger charge is 2.27. The molecule has 0 radical (unpaired) electrons. The number of nitriles is 1. The molecular weight excluding hydrogens is 276 g/mol. The van der Waals surface area contributed by atoms with Crippen molar-refractivity contribution in [1.29, 1.82) is 5.26 Å². The summed E-state index contributed by atoms with van der Waals surface area (Å²) >= 11 is 1.35. The van der Waals surface area contributed by atoms with Crippen LogP contribution >= 0.6 is 11.8 Å². The molecule has 2 aromatic rings. The second-order valence-corrected chi connectivity index (χ2v) is 5.15. The molecule has 6 nitrogen and oxygen atoms in total. The molecule has 0 saturated heterocycles. The number of aromatic nitrogens is 3. The largest absolute Gasteiger partial charge is 0.485 e. The van der Waals surface area contributed by atoms with Crippen molar-refractivity contribution < 1.29 is 9.47 Å². The molecule has 1 aromatic heterocycles. The molecule has 3 rings (SSSR count). The molecule has 0 unspecified atom stereocenters. The fraction of sp³-hybridized carbons (Fsp3) is 0.308. The number of nitrogens with zero attached hydrogens (tertiary/aromatic N) is 4. The van der Waals surface area contributed by atoms with Crippen molar-refractivity contribution in [1.82, 2.24) is 14.8 Å². The summed E-state index contributed by atoms with van der Waals surface area (Å²) in [5, 5.41) is 17.5. The SMILES string of the molecule is Cn1c(SCC#N)nnc1[C@@H]1COc2ccccc2O1. The maximum atomic E-state index is 8.61. The van der Waals surface area contributed by atoms with Crippen LogP contribution in [0.4, 0.5) is 0 Å². The van der Waals surface area contributed by atoms with Crippen LogP contribution in [0.1, 0.15) is 11.9 Å². The van der Waals surface area contributed by atoms with Gasteiger partial charge in [0.05, 0.1) is 11.8 Å². The van der Waals surface area contributed by atoms with Gasteiger partial charge in [-0.3, -0.25) is 0 Å². The molecule has 0 fully saturated rings. The standard InChI is InChI=1S/C13H12N4O2S/c1-17-12(15-16-13(17)20-7-6-14)11-8-18-9-4-2-3-5-10(9)19-11/h2-5,11H,7-8H2,1H3/t11-/m0/s1. The van der Waals surface area contributed by atoms with Crippen LogP contribution < -0.4 is 9.47 Å². The summed E-state index contributed by atoms with van der Waals surface area (Å²) < 4.78 is 13.4. The molecule has 7 heteroatoms. The number of fused-ring (bicyclic) bond motifs is 1. The van der Waals surface area contributed by atoms with Gasteiger partial charge >= 0.3 is 0 Å². The fourth-order valence-corrected chi connectivity index (χ4v) is 2.56. The minimum absolute atomic E-state index is 0.293. The van der Waals surface area contributed by atoms with E-state index in [0.717, 1.165) is 5.75 Å². The molecule has 0 bridgehead atoms. The summed E-state index contributed by atoms with van der Waals surface area (Å²) in [6.45, 7) is 0.395. The molecule has 1 atom stereocenters. The quantitative estimate of drug-likeness (QED) is 0.804. The second kappa shape index (κ2) is 5.43. The lowest BCUT2D eigenvalue weighted by Gasteiger charge is -2.25. The van der Waals surface area contributed by atoms with Crippen LogP contribution in [0.2, 0.25) is 0 Å². The molecular formula is C13H12N4O2S. The van der Waals surface area contributed by atoms with E-state index >= 15 is 0 Å². The minimum Gasteiger partial charge on any atom is -0.485 e. The van der Waals surface area contributed by atoms with Gasteiger partial charge in [0.15, 0.2) is 28.6 Å². The van der Waals surface area contributed by atoms with Crippen LogP contribution in [0.3, 0.4) is 0 Å². The summed E-state index contributed by atoms with van der Waals surface area (Å²) in [6, 6.07) is 9.61. The Bertz CT molecular complexity index is 665. The third-order valence-electron chi connectivity index (χ3n) is 2.93. The number of hydrogen-bond donors (Lipinski definition) is 0. The molecule has 0 saturated carbocycles. The molecule has 102 valence electrons. The van der Waals surface area contributed by atoms with Gasteiger partial charge in [-0.05, 0) is 12.1 Å². The van der Waals surface area contributed by atoms with Crippen molar-refractivity contribution in [3.8, 4) is 17.6 Å². The zero-order valence-electron chi connectivity index (χ0n) is 10.8. The Morgan fingerprint density at radius 3 is 3.00 bits per heavy atom. The number of para-hydroxylation sites is 2. The lowest BCUT2D eigenvalue weighted by atomic mass is 10.2. The van der Waals surface area contributed by atoms with Crippen LogP contribution in [-0.2, 0) is 7.05 Å². The number of hydrogen-bond acceptors (Lipinski definition) is 6. The van der Waals surface area contributed by atoms with Gasteiger partial charge in [-0.2, -0.15) is 5.26 Å². The smallest absolute Gasteiger partial charge is 0.192 e. The summed E-state index contributed by atoms with van der Waals surface area (Å²) in [6.07, 6.45) is -0.293. The first-order chi connectivity index (χ1) is 9.79. The van der Waals surface area contributed by atoms with Gasteiger partial charge in [0, 0.05) is 7.05 Å². The number of benzene rings is 1. The normalized spacial score (nSPS) is 16.7. The zero-order valence-corrected chi connectivity index (χ0v) is 11.6. The maximum Gasteiger partial charge on any atom is 0.192 e. The third-order valence-corrected chi connectivity index (χ3v) is 3.82. The summed E-state index contributed by atoms with van der Waals surface area (Å²) in [4.78, 5) is 0. The van der Waals surface area contributed by atoms with E-state index in [1.54, 1.807) is 0 Å². The Balaban J connectivity index is 1.82. The highest BCUT2D eigenvalue weighted by atomic mass is 32.2. The zero-order chi connectivity index (χ0) is 13.9. The van der Waals surface area contributed by atoms with E-state index in [0.29, 0.717) is 29.1 Å². The fourth-order valence-electron chi connectivity index (χ4n) is 1.98. The molecule has 1 aliphatic heterocycles. The van der Waals surface area contributed by atoms with E-state index in [9.17, 15) is 0 Å². The minimum atomic E-state index is -0.293. The van der Waals surface area contributed by atoms with Crippen molar-refractivity contribution in [3.05, 3.63) is 30.1 Å². The van der Waals surface area contributed by atoms with Crippen LogP contribution in [0.5, 0.6) is 11.5 Å². The molecule has 0 N–H and O–H groups in total. The van der Waals surface area contributed by atoms with Crippen molar-refractivity contribution in [2.75, 3.05) is 12.4 Å². The molecule has 20 heavy (non-hydrogen) atoms. The first-order valence-corrected chi connectivity index (χ1v) is 7.05. The van der Waals surface area contributed by atoms with Crippen LogP contribution in [0.15, 0.2) is 29.4 Å². The highest BCUT2D eigenvalue weighted by Crippen LogP contribution is 2.35. The van der Waals surface area contributed by atoms with E-state index in [-0.39, 0.29) is 6.10 Å². The Morgan fingerprint density at radius 2 is 2.20 bits per heavy atom. The van der Waals surface area contributed by atoms with Crippen LogP contribution in [0, 0.1) is 11.3 Å². The summed E-state index contributed by atoms with van der Waals surface area (Å²) in [5.74, 6) is 2.49. The predicted octanol–water partition coefficient (Wildman–Crippen LogP) is 1.94. The van der Waals surface area contributed by atoms with Crippen molar-refractivity contribution in [2.24, 2.45) is 7.05 Å². The molecule has 0 aliphatic carbocycles. The number of ether oxygens (including phenoxy) is 2. The monoisotopic (exact) mass is 288 g/mol. The lowest BCUT2D eigenvalue weighted by molar-refractivity contribution is 0.0825. The van der Waals surface area contributed by atoms with Gasteiger partial charge in [-0.15, -0.1) is 10.2 Å². The summed E-state index contributed by atoms with van der Waals surface area (Å²) in [7, 11) is 1.86. The Labute approximate surface area is 120 Å². The second-order valence-electron chi connectivity index (χ2n) is 4.21. The van der Waals surface area contributed by atoms with Gasteiger partial charge in [-0.1, -0.05) is 23.9 Å². The molecule has 2 heterocycles. The Kier molecular flexibility index (Phi) is 3.48. The van der Waals surface area contributed by atoms with Crippen molar-refractivity contribution in [2.45, 2.75) is 11.3 Å². The van der Waals surface area contributed by atoms with Crippen molar-refractivity contribution >= 4 is 11.8 Å². The topological polar surface area (TPSA) is 73.0 Å². The van der Waals surface area contributed by atoms with Gasteiger partial charge in [0.25, 0.3) is 0 Å². The van der Waals surface area contributed by atoms with Crippen LogP contribution in [-0.4, -0.2) is 27.1 Å². The molecule has 0 amide bonds.